The van der Waals surface area contributed by atoms with Crippen LogP contribution in [0.1, 0.15) is 71.2 Å². The number of aromatic nitrogens is 4. The number of hydrogen-bond acceptors (Lipinski definition) is 8. The minimum absolute atomic E-state index is 0.0296. The first kappa shape index (κ1) is 27.8. The molecule has 10 heteroatoms. The lowest BCUT2D eigenvalue weighted by Gasteiger charge is -2.40. The number of pyridine rings is 2. The zero-order valence-electron chi connectivity index (χ0n) is 23.2. The van der Waals surface area contributed by atoms with E-state index in [-0.39, 0.29) is 16.9 Å². The Labute approximate surface area is 229 Å². The maximum atomic E-state index is 13.5. The standard InChI is InChI=1S/C28H39N7O2S/c1-7-34-25-20(13-14-22(31-25)35-18-15-23(32-35)37-19-27(2,3)4)26(36)33-38-24-12-10-11-21(30-24)29-17-9-8-16-28(34,5)6/h10-15,18H,7-9,16-17,19H2,1-6H3,(H,29,30)(H,33,36). The lowest BCUT2D eigenvalue weighted by atomic mass is 9.94. The van der Waals surface area contributed by atoms with Crippen LogP contribution < -0.4 is 19.7 Å². The Hall–Kier alpha value is -3.27. The first-order chi connectivity index (χ1) is 18.1. The third-order valence-electron chi connectivity index (χ3n) is 6.35. The Morgan fingerprint density at radius 1 is 1.11 bits per heavy atom. The summed E-state index contributed by atoms with van der Waals surface area (Å²) in [6, 6.07) is 11.3. The van der Waals surface area contributed by atoms with Crippen LogP contribution in [0.15, 0.2) is 47.6 Å². The van der Waals surface area contributed by atoms with E-state index in [0.717, 1.165) is 36.7 Å². The average molecular weight is 538 g/mol. The molecule has 3 aromatic heterocycles. The molecule has 1 aliphatic rings. The van der Waals surface area contributed by atoms with Crippen molar-refractivity contribution in [1.29, 1.82) is 0 Å². The highest BCUT2D eigenvalue weighted by molar-refractivity contribution is 7.97. The number of nitrogens with zero attached hydrogens (tertiary/aromatic N) is 5. The van der Waals surface area contributed by atoms with E-state index in [1.807, 2.05) is 42.6 Å². The van der Waals surface area contributed by atoms with E-state index in [1.54, 1.807) is 4.68 Å². The summed E-state index contributed by atoms with van der Waals surface area (Å²) in [5.74, 6) is 2.40. The summed E-state index contributed by atoms with van der Waals surface area (Å²) in [6.45, 7) is 15.0. The van der Waals surface area contributed by atoms with Crippen LogP contribution >= 0.6 is 11.9 Å². The first-order valence-corrected chi connectivity index (χ1v) is 14.0. The number of amides is 1. The van der Waals surface area contributed by atoms with Crippen LogP contribution in [-0.4, -0.2) is 50.9 Å². The highest BCUT2D eigenvalue weighted by Gasteiger charge is 2.30. The predicted molar refractivity (Wildman–Crippen MR) is 153 cm³/mol. The quantitative estimate of drug-likeness (QED) is 0.408. The highest BCUT2D eigenvalue weighted by Crippen LogP contribution is 2.31. The molecule has 4 rings (SSSR count). The third-order valence-corrected chi connectivity index (χ3v) is 7.08. The number of carbonyl (C=O) groups excluding carboxylic acids is 1. The molecule has 0 radical (unpaired) electrons. The van der Waals surface area contributed by atoms with Crippen molar-refractivity contribution in [3.63, 3.8) is 0 Å². The Balaban J connectivity index is 1.69. The van der Waals surface area contributed by atoms with E-state index >= 15 is 0 Å². The summed E-state index contributed by atoms with van der Waals surface area (Å²) < 4.78 is 10.5. The van der Waals surface area contributed by atoms with Gasteiger partial charge < -0.3 is 15.0 Å². The monoisotopic (exact) mass is 537 g/mol. The predicted octanol–water partition coefficient (Wildman–Crippen LogP) is 5.73. The number of hydrogen-bond donors (Lipinski definition) is 2. The van der Waals surface area contributed by atoms with E-state index in [1.165, 1.54) is 11.9 Å². The molecule has 0 saturated heterocycles. The number of ether oxygens (including phenoxy) is 1. The maximum Gasteiger partial charge on any atom is 0.265 e. The number of rotatable bonds is 4. The first-order valence-electron chi connectivity index (χ1n) is 13.2. The number of fused-ring (bicyclic) bond motifs is 3. The normalized spacial score (nSPS) is 16.5. The fourth-order valence-corrected chi connectivity index (χ4v) is 4.97. The summed E-state index contributed by atoms with van der Waals surface area (Å²) in [4.78, 5) is 25.3. The van der Waals surface area contributed by atoms with Gasteiger partial charge in [-0.3, -0.25) is 9.52 Å². The molecule has 2 N–H and O–H groups in total. The van der Waals surface area contributed by atoms with Crippen LogP contribution in [0.5, 0.6) is 5.88 Å². The zero-order valence-corrected chi connectivity index (χ0v) is 24.1. The van der Waals surface area contributed by atoms with Crippen LogP contribution in [0, 0.1) is 5.41 Å². The zero-order chi connectivity index (χ0) is 27.3. The highest BCUT2D eigenvalue weighted by atomic mass is 32.2. The van der Waals surface area contributed by atoms with Crippen LogP contribution in [0.4, 0.5) is 11.6 Å². The van der Waals surface area contributed by atoms with Crippen LogP contribution in [0.25, 0.3) is 5.82 Å². The van der Waals surface area contributed by atoms with Gasteiger partial charge in [0.15, 0.2) is 5.82 Å². The molecule has 38 heavy (non-hydrogen) atoms. The SMILES string of the molecule is CCN1c2nc(-n3ccc(OCC(C)(C)C)n3)ccc2C(=O)NSc2cccc(n2)NCCCCC1(C)C. The molecule has 0 aliphatic carbocycles. The number of anilines is 2. The van der Waals surface area contributed by atoms with Crippen molar-refractivity contribution >= 4 is 29.5 Å². The van der Waals surface area contributed by atoms with E-state index in [9.17, 15) is 4.79 Å². The smallest absolute Gasteiger partial charge is 0.265 e. The maximum absolute atomic E-state index is 13.5. The van der Waals surface area contributed by atoms with E-state index in [0.29, 0.717) is 36.2 Å². The molecule has 1 amide bonds. The minimum atomic E-state index is -0.219. The Morgan fingerprint density at radius 3 is 2.68 bits per heavy atom. The molecule has 9 nitrogen and oxygen atoms in total. The van der Waals surface area contributed by atoms with Gasteiger partial charge in [-0.25, -0.2) is 14.6 Å². The largest absolute Gasteiger partial charge is 0.476 e. The van der Waals surface area contributed by atoms with Crippen molar-refractivity contribution in [2.24, 2.45) is 5.41 Å². The van der Waals surface area contributed by atoms with Gasteiger partial charge in [-0.05, 0) is 69.7 Å². The molecule has 0 fully saturated rings. The van der Waals surface area contributed by atoms with Gasteiger partial charge in [0.2, 0.25) is 5.88 Å². The van der Waals surface area contributed by atoms with E-state index < -0.39 is 0 Å². The lowest BCUT2D eigenvalue weighted by Crippen LogP contribution is -2.45. The summed E-state index contributed by atoms with van der Waals surface area (Å²) >= 11 is 1.20. The molecule has 0 unspecified atom stereocenters. The second-order valence-corrected chi connectivity index (χ2v) is 12.1. The average Bonchev–Trinajstić information content (AvgIpc) is 3.35. The molecule has 3 aromatic rings. The van der Waals surface area contributed by atoms with Gasteiger partial charge in [0.1, 0.15) is 16.7 Å². The Bertz CT molecular complexity index is 1250. The van der Waals surface area contributed by atoms with Crippen molar-refractivity contribution in [1.82, 2.24) is 24.5 Å². The van der Waals surface area contributed by atoms with Crippen molar-refractivity contribution in [2.75, 3.05) is 29.9 Å². The summed E-state index contributed by atoms with van der Waals surface area (Å²) in [7, 11) is 0. The minimum Gasteiger partial charge on any atom is -0.476 e. The summed E-state index contributed by atoms with van der Waals surface area (Å²) in [5.41, 5.74) is 0.322. The molecule has 4 heterocycles. The number of nitrogens with one attached hydrogen (secondary N) is 2. The van der Waals surface area contributed by atoms with Crippen molar-refractivity contribution in [3.05, 3.63) is 48.2 Å². The summed E-state index contributed by atoms with van der Waals surface area (Å²) in [6.07, 6.45) is 4.83. The topological polar surface area (TPSA) is 97.2 Å². The van der Waals surface area contributed by atoms with Crippen molar-refractivity contribution in [3.8, 4) is 11.7 Å². The summed E-state index contributed by atoms with van der Waals surface area (Å²) in [5, 5.41) is 8.70. The van der Waals surface area contributed by atoms with Crippen LogP contribution in [-0.2, 0) is 0 Å². The third kappa shape index (κ3) is 6.98. The molecular formula is C28H39N7O2S. The fourth-order valence-electron chi connectivity index (χ4n) is 4.37. The van der Waals surface area contributed by atoms with Gasteiger partial charge in [-0.1, -0.05) is 26.8 Å². The van der Waals surface area contributed by atoms with Gasteiger partial charge in [-0.15, -0.1) is 5.10 Å². The molecule has 0 atom stereocenters. The second kappa shape index (κ2) is 11.6. The molecule has 1 aliphatic heterocycles. The van der Waals surface area contributed by atoms with Gasteiger partial charge >= 0.3 is 0 Å². The Kier molecular flexibility index (Phi) is 8.50. The lowest BCUT2D eigenvalue weighted by molar-refractivity contribution is 0.0984. The van der Waals surface area contributed by atoms with Crippen LogP contribution in [0.2, 0.25) is 0 Å². The second-order valence-electron chi connectivity index (χ2n) is 11.3. The Morgan fingerprint density at radius 2 is 1.92 bits per heavy atom. The van der Waals surface area contributed by atoms with E-state index in [2.05, 4.69) is 66.6 Å². The van der Waals surface area contributed by atoms with Crippen molar-refractivity contribution in [2.45, 2.75) is 71.4 Å². The molecule has 204 valence electrons. The van der Waals surface area contributed by atoms with Crippen molar-refractivity contribution < 1.29 is 9.53 Å². The fraction of sp³-hybridized carbons (Fsp3) is 0.500. The van der Waals surface area contributed by atoms with Gasteiger partial charge in [0.05, 0.1) is 12.2 Å². The molecule has 2 bridgehead atoms. The number of carbonyl (C=O) groups is 1. The molecule has 0 aromatic carbocycles. The molecule has 0 spiro atoms. The van der Waals surface area contributed by atoms with Gasteiger partial charge in [0.25, 0.3) is 5.91 Å². The van der Waals surface area contributed by atoms with Gasteiger partial charge in [0, 0.05) is 42.8 Å². The molecule has 0 saturated carbocycles. The van der Waals surface area contributed by atoms with Crippen LogP contribution in [0.3, 0.4) is 0 Å². The van der Waals surface area contributed by atoms with E-state index in [4.69, 9.17) is 9.72 Å². The molecular weight excluding hydrogens is 498 g/mol. The van der Waals surface area contributed by atoms with Gasteiger partial charge in [-0.2, -0.15) is 0 Å².